The van der Waals surface area contributed by atoms with Crippen LogP contribution in [0.15, 0.2) is 48.5 Å². The van der Waals surface area contributed by atoms with E-state index in [0.29, 0.717) is 17.3 Å². The maximum absolute atomic E-state index is 12.8. The standard InChI is InChI=1S/C22H22N4O3/c1-13-9-14(2)11-16(10-13)24-22-23-15(3)12-19(26-22)20(27)25-18-8-6-5-7-17(18)21(28)29-4/h5-12H,1-4H3,(H,25,27)(H,23,24,26). The number of hydrogen-bond acceptors (Lipinski definition) is 6. The van der Waals surface area contributed by atoms with Gasteiger partial charge in [0.15, 0.2) is 0 Å². The zero-order valence-corrected chi connectivity index (χ0v) is 16.7. The number of rotatable bonds is 5. The van der Waals surface area contributed by atoms with Gasteiger partial charge < -0.3 is 15.4 Å². The molecule has 3 rings (SSSR count). The van der Waals surface area contributed by atoms with E-state index in [2.05, 4.69) is 26.7 Å². The van der Waals surface area contributed by atoms with E-state index in [1.54, 1.807) is 37.3 Å². The molecule has 1 amide bonds. The minimum absolute atomic E-state index is 0.184. The van der Waals surface area contributed by atoms with E-state index in [0.717, 1.165) is 16.8 Å². The zero-order chi connectivity index (χ0) is 21.0. The van der Waals surface area contributed by atoms with E-state index < -0.39 is 11.9 Å². The molecule has 1 aromatic heterocycles. The largest absolute Gasteiger partial charge is 0.465 e. The van der Waals surface area contributed by atoms with Gasteiger partial charge in [-0.2, -0.15) is 0 Å². The van der Waals surface area contributed by atoms with Gasteiger partial charge in [-0.1, -0.05) is 18.2 Å². The fourth-order valence-corrected chi connectivity index (χ4v) is 2.98. The molecule has 0 aliphatic heterocycles. The summed E-state index contributed by atoms with van der Waals surface area (Å²) in [7, 11) is 1.29. The lowest BCUT2D eigenvalue weighted by Crippen LogP contribution is -2.17. The van der Waals surface area contributed by atoms with Crippen LogP contribution in [-0.2, 0) is 4.74 Å². The Balaban J connectivity index is 1.86. The number of nitrogens with one attached hydrogen (secondary N) is 2. The second-order valence-electron chi connectivity index (χ2n) is 6.71. The highest BCUT2D eigenvalue weighted by molar-refractivity contribution is 6.07. The van der Waals surface area contributed by atoms with Crippen molar-refractivity contribution in [2.24, 2.45) is 0 Å². The summed E-state index contributed by atoms with van der Waals surface area (Å²) >= 11 is 0. The first kappa shape index (κ1) is 20.0. The molecule has 0 bridgehead atoms. The summed E-state index contributed by atoms with van der Waals surface area (Å²) in [6, 6.07) is 14.2. The summed E-state index contributed by atoms with van der Waals surface area (Å²) < 4.78 is 4.76. The maximum atomic E-state index is 12.8. The fraction of sp³-hybridized carbons (Fsp3) is 0.182. The molecule has 0 aliphatic rings. The van der Waals surface area contributed by atoms with Crippen LogP contribution in [0.25, 0.3) is 0 Å². The molecule has 2 N–H and O–H groups in total. The zero-order valence-electron chi connectivity index (χ0n) is 16.7. The molecule has 7 nitrogen and oxygen atoms in total. The number of esters is 1. The van der Waals surface area contributed by atoms with Gasteiger partial charge >= 0.3 is 5.97 Å². The van der Waals surface area contributed by atoms with Crippen LogP contribution in [-0.4, -0.2) is 29.0 Å². The van der Waals surface area contributed by atoms with Gasteiger partial charge in [0.1, 0.15) is 5.69 Å². The third kappa shape index (κ3) is 4.95. The first-order chi connectivity index (χ1) is 13.9. The highest BCUT2D eigenvalue weighted by atomic mass is 16.5. The van der Waals surface area contributed by atoms with Crippen LogP contribution >= 0.6 is 0 Å². The number of aromatic nitrogens is 2. The number of carbonyl (C=O) groups is 2. The highest BCUT2D eigenvalue weighted by Crippen LogP contribution is 2.20. The van der Waals surface area contributed by atoms with E-state index >= 15 is 0 Å². The normalized spacial score (nSPS) is 10.3. The first-order valence-corrected chi connectivity index (χ1v) is 9.05. The molecule has 0 saturated heterocycles. The quantitative estimate of drug-likeness (QED) is 0.635. The van der Waals surface area contributed by atoms with Crippen LogP contribution in [0.5, 0.6) is 0 Å². The van der Waals surface area contributed by atoms with E-state index in [1.807, 2.05) is 26.0 Å². The van der Waals surface area contributed by atoms with Crippen molar-refractivity contribution in [3.8, 4) is 0 Å². The number of hydrogen-bond donors (Lipinski definition) is 2. The third-order valence-electron chi connectivity index (χ3n) is 4.15. The van der Waals surface area contributed by atoms with Crippen LogP contribution in [0.3, 0.4) is 0 Å². The van der Waals surface area contributed by atoms with Crippen LogP contribution in [0.2, 0.25) is 0 Å². The molecule has 2 aromatic carbocycles. The minimum Gasteiger partial charge on any atom is -0.465 e. The van der Waals surface area contributed by atoms with Gasteiger partial charge in [0.2, 0.25) is 5.95 Å². The Labute approximate surface area is 169 Å². The summed E-state index contributed by atoms with van der Waals surface area (Å²) in [4.78, 5) is 33.4. The van der Waals surface area contributed by atoms with Crippen molar-refractivity contribution in [3.63, 3.8) is 0 Å². The van der Waals surface area contributed by atoms with Crippen molar-refractivity contribution in [3.05, 3.63) is 76.6 Å². The Morgan fingerprint density at radius 2 is 1.62 bits per heavy atom. The predicted molar refractivity (Wildman–Crippen MR) is 112 cm³/mol. The number of para-hydroxylation sites is 1. The van der Waals surface area contributed by atoms with Gasteiger partial charge in [0.25, 0.3) is 5.91 Å². The number of ether oxygens (including phenoxy) is 1. The average Bonchev–Trinajstić information content (AvgIpc) is 2.66. The summed E-state index contributed by atoms with van der Waals surface area (Å²) in [5, 5.41) is 5.87. The van der Waals surface area contributed by atoms with Crippen LogP contribution in [0, 0.1) is 20.8 Å². The number of aryl methyl sites for hydroxylation is 3. The van der Waals surface area contributed by atoms with Crippen molar-refractivity contribution < 1.29 is 14.3 Å². The van der Waals surface area contributed by atoms with E-state index in [-0.39, 0.29) is 11.3 Å². The molecule has 0 atom stereocenters. The molecule has 0 spiro atoms. The van der Waals surface area contributed by atoms with Gasteiger partial charge in [-0.3, -0.25) is 4.79 Å². The van der Waals surface area contributed by atoms with E-state index in [1.165, 1.54) is 7.11 Å². The van der Waals surface area contributed by atoms with Crippen LogP contribution < -0.4 is 10.6 Å². The average molecular weight is 390 g/mol. The summed E-state index contributed by atoms with van der Waals surface area (Å²) in [5.41, 5.74) is 4.50. The third-order valence-corrected chi connectivity index (χ3v) is 4.15. The lowest BCUT2D eigenvalue weighted by molar-refractivity contribution is 0.0602. The molecule has 29 heavy (non-hydrogen) atoms. The molecule has 0 radical (unpaired) electrons. The Hall–Kier alpha value is -3.74. The lowest BCUT2D eigenvalue weighted by atomic mass is 10.1. The van der Waals surface area contributed by atoms with Gasteiger partial charge in [-0.05, 0) is 62.2 Å². The van der Waals surface area contributed by atoms with Gasteiger partial charge in [-0.25, -0.2) is 14.8 Å². The number of methoxy groups -OCH3 is 1. The predicted octanol–water partition coefficient (Wildman–Crippen LogP) is 4.18. The Bertz CT molecular complexity index is 1060. The molecule has 0 unspecified atom stereocenters. The van der Waals surface area contributed by atoms with Crippen molar-refractivity contribution in [2.75, 3.05) is 17.7 Å². The lowest BCUT2D eigenvalue weighted by Gasteiger charge is -2.11. The fourth-order valence-electron chi connectivity index (χ4n) is 2.98. The van der Waals surface area contributed by atoms with Gasteiger partial charge in [0, 0.05) is 11.4 Å². The van der Waals surface area contributed by atoms with Crippen molar-refractivity contribution in [2.45, 2.75) is 20.8 Å². The first-order valence-electron chi connectivity index (χ1n) is 9.05. The number of benzene rings is 2. The molecular formula is C22H22N4O3. The van der Waals surface area contributed by atoms with Gasteiger partial charge in [0.05, 0.1) is 18.4 Å². The molecular weight excluding hydrogens is 368 g/mol. The van der Waals surface area contributed by atoms with Crippen LogP contribution in [0.1, 0.15) is 37.7 Å². The van der Waals surface area contributed by atoms with Crippen molar-refractivity contribution in [1.29, 1.82) is 0 Å². The molecule has 0 fully saturated rings. The monoisotopic (exact) mass is 390 g/mol. The maximum Gasteiger partial charge on any atom is 0.339 e. The topological polar surface area (TPSA) is 93.2 Å². The highest BCUT2D eigenvalue weighted by Gasteiger charge is 2.16. The molecule has 3 aromatic rings. The van der Waals surface area contributed by atoms with Crippen molar-refractivity contribution in [1.82, 2.24) is 9.97 Å². The number of nitrogens with zero attached hydrogens (tertiary/aromatic N) is 2. The molecule has 148 valence electrons. The summed E-state index contributed by atoms with van der Waals surface area (Å²) in [6.45, 7) is 5.80. The Morgan fingerprint density at radius 3 is 2.31 bits per heavy atom. The summed E-state index contributed by atoms with van der Waals surface area (Å²) in [5.74, 6) is -0.659. The summed E-state index contributed by atoms with van der Waals surface area (Å²) in [6.07, 6.45) is 0. The number of anilines is 3. The minimum atomic E-state index is -0.531. The second kappa shape index (κ2) is 8.52. The second-order valence-corrected chi connectivity index (χ2v) is 6.71. The van der Waals surface area contributed by atoms with Gasteiger partial charge in [-0.15, -0.1) is 0 Å². The molecule has 0 saturated carbocycles. The van der Waals surface area contributed by atoms with Crippen molar-refractivity contribution >= 4 is 29.2 Å². The van der Waals surface area contributed by atoms with E-state index in [9.17, 15) is 9.59 Å². The molecule has 7 heteroatoms. The Morgan fingerprint density at radius 1 is 0.931 bits per heavy atom. The van der Waals surface area contributed by atoms with E-state index in [4.69, 9.17) is 4.74 Å². The number of amides is 1. The molecule has 1 heterocycles. The molecule has 0 aliphatic carbocycles. The number of carbonyl (C=O) groups excluding carboxylic acids is 2. The van der Waals surface area contributed by atoms with Crippen LogP contribution in [0.4, 0.5) is 17.3 Å². The Kier molecular flexibility index (Phi) is 5.87. The SMILES string of the molecule is COC(=O)c1ccccc1NC(=O)c1cc(C)nc(Nc2cc(C)cc(C)c2)n1. The smallest absolute Gasteiger partial charge is 0.339 e.